The lowest BCUT2D eigenvalue weighted by Gasteiger charge is -2.25. The van der Waals surface area contributed by atoms with Crippen molar-refractivity contribution in [3.8, 4) is 0 Å². The summed E-state index contributed by atoms with van der Waals surface area (Å²) in [6.45, 7) is 14.2. The summed E-state index contributed by atoms with van der Waals surface area (Å²) in [5, 5.41) is 0. The minimum Gasteiger partial charge on any atom is -0.466 e. The molecule has 10 nitrogen and oxygen atoms in total. The highest BCUT2D eigenvalue weighted by atomic mass is 16.5. The molecule has 0 aliphatic carbocycles. The van der Waals surface area contributed by atoms with Crippen LogP contribution in [0.3, 0.4) is 0 Å². The first kappa shape index (κ1) is 78.8. The normalized spacial score (nSPS) is 11.5. The van der Waals surface area contributed by atoms with E-state index < -0.39 is 0 Å². The third-order valence-corrected chi connectivity index (χ3v) is 16.5. The van der Waals surface area contributed by atoms with Crippen molar-refractivity contribution in [2.45, 2.75) is 368 Å². The number of unbranched alkanes of at least 4 members (excludes halogenated alkanes) is 44. The molecule has 0 N–H and O–H groups in total. The summed E-state index contributed by atoms with van der Waals surface area (Å²) in [4.78, 5) is 56.4. The zero-order valence-corrected chi connectivity index (χ0v) is 54.7. The molecule has 0 saturated heterocycles. The van der Waals surface area contributed by atoms with Gasteiger partial charge in [-0.05, 0) is 45.2 Å². The molecule has 0 aliphatic rings. The van der Waals surface area contributed by atoms with Crippen LogP contribution >= 0.6 is 0 Å². The highest BCUT2D eigenvalue weighted by Gasteiger charge is 2.16. The monoisotopic (exact) mass is 1150 g/mol. The number of hydrogen-bond acceptors (Lipinski definition) is 10. The number of carbonyl (C=O) groups is 4. The lowest BCUT2D eigenvalue weighted by atomic mass is 10.1. The van der Waals surface area contributed by atoms with Crippen molar-refractivity contribution in [2.75, 3.05) is 65.7 Å². The van der Waals surface area contributed by atoms with E-state index in [9.17, 15) is 19.2 Å². The molecule has 0 spiro atoms. The van der Waals surface area contributed by atoms with Gasteiger partial charge in [0.15, 0.2) is 0 Å². The summed E-state index contributed by atoms with van der Waals surface area (Å²) >= 11 is 0. The molecule has 0 saturated carbocycles. The first-order chi connectivity index (χ1) is 39.9. The molecule has 0 aromatic carbocycles. The molecule has 0 aromatic rings. The molecular formula is C71H138N2O8. The fourth-order valence-corrected chi connectivity index (χ4v) is 11.0. The molecule has 0 amide bonds. The van der Waals surface area contributed by atoms with Crippen LogP contribution in [0.4, 0.5) is 0 Å². The Morgan fingerprint density at radius 2 is 0.346 bits per heavy atom. The van der Waals surface area contributed by atoms with Crippen LogP contribution < -0.4 is 0 Å². The van der Waals surface area contributed by atoms with Crippen molar-refractivity contribution in [1.82, 2.24) is 9.80 Å². The van der Waals surface area contributed by atoms with E-state index in [2.05, 4.69) is 37.5 Å². The van der Waals surface area contributed by atoms with E-state index in [0.717, 1.165) is 57.8 Å². The van der Waals surface area contributed by atoms with Gasteiger partial charge in [0.2, 0.25) is 0 Å². The SMILES string of the molecule is CCCCCCCCCCCCCCOC(=O)CCN(CCCN(CCC(=O)OCCCCCCCCCCCCCC)CCC(=O)OCCCCCCCCCCCCCC)CCC(=O)OCCCCCCCCCCCCCC. The highest BCUT2D eigenvalue weighted by molar-refractivity contribution is 5.71. The second-order valence-corrected chi connectivity index (χ2v) is 24.5. The molecule has 0 rings (SSSR count). The van der Waals surface area contributed by atoms with Gasteiger partial charge in [0, 0.05) is 26.2 Å². The Morgan fingerprint density at radius 1 is 0.198 bits per heavy atom. The van der Waals surface area contributed by atoms with Gasteiger partial charge in [-0.25, -0.2) is 0 Å². The van der Waals surface area contributed by atoms with E-state index in [1.54, 1.807) is 0 Å². The highest BCUT2D eigenvalue weighted by Crippen LogP contribution is 2.17. The second-order valence-electron chi connectivity index (χ2n) is 24.5. The van der Waals surface area contributed by atoms with Crippen molar-refractivity contribution in [3.05, 3.63) is 0 Å². The molecule has 0 aromatic heterocycles. The number of carbonyl (C=O) groups excluding carboxylic acids is 4. The molecule has 0 heterocycles. The molecule has 0 radical (unpaired) electrons. The number of rotatable bonds is 68. The molecule has 0 unspecified atom stereocenters. The quantitative estimate of drug-likeness (QED) is 0.0332. The Labute approximate surface area is 503 Å². The summed E-state index contributed by atoms with van der Waals surface area (Å²) in [7, 11) is 0. The standard InChI is InChI=1S/C71H138N2O8/c1-5-9-13-17-21-25-29-33-37-41-45-49-64-78-68(74)54-60-72(61-55-69(75)79-65-50-46-42-38-34-30-26-22-18-14-10-6-2)58-53-59-73(62-56-70(76)80-66-51-47-43-39-35-31-27-23-19-15-11-7-3)63-57-71(77)81-67-52-48-44-40-36-32-28-24-20-16-12-8-4/h5-67H2,1-4H3. The van der Waals surface area contributed by atoms with Crippen LogP contribution in [-0.2, 0) is 38.1 Å². The molecule has 0 fully saturated rings. The van der Waals surface area contributed by atoms with E-state index in [1.807, 2.05) is 0 Å². The molecule has 81 heavy (non-hydrogen) atoms. The third-order valence-electron chi connectivity index (χ3n) is 16.5. The topological polar surface area (TPSA) is 112 Å². The van der Waals surface area contributed by atoms with E-state index in [0.29, 0.717) is 65.7 Å². The lowest BCUT2D eigenvalue weighted by Crippen LogP contribution is -2.35. The maximum atomic E-state index is 13.0. The van der Waals surface area contributed by atoms with Gasteiger partial charge >= 0.3 is 23.9 Å². The van der Waals surface area contributed by atoms with Crippen LogP contribution in [0.2, 0.25) is 0 Å². The predicted octanol–water partition coefficient (Wildman–Crippen LogP) is 20.5. The Hall–Kier alpha value is -2.20. The Bertz CT molecular complexity index is 1130. The summed E-state index contributed by atoms with van der Waals surface area (Å²) in [5.74, 6) is -0.766. The van der Waals surface area contributed by atoms with Crippen molar-refractivity contribution in [2.24, 2.45) is 0 Å². The zero-order valence-electron chi connectivity index (χ0n) is 54.7. The van der Waals surface area contributed by atoms with Gasteiger partial charge in [0.05, 0.1) is 52.1 Å². The number of ether oxygens (including phenoxy) is 4. The molecule has 10 heteroatoms. The van der Waals surface area contributed by atoms with Crippen molar-refractivity contribution < 1.29 is 38.1 Å². The lowest BCUT2D eigenvalue weighted by molar-refractivity contribution is -0.146. The minimum atomic E-state index is -0.191. The van der Waals surface area contributed by atoms with Gasteiger partial charge in [-0.1, -0.05) is 310 Å². The predicted molar refractivity (Wildman–Crippen MR) is 344 cm³/mol. The van der Waals surface area contributed by atoms with Crippen LogP contribution in [0, 0.1) is 0 Å². The van der Waals surface area contributed by atoms with Crippen molar-refractivity contribution in [1.29, 1.82) is 0 Å². The van der Waals surface area contributed by atoms with Crippen LogP contribution in [0.25, 0.3) is 0 Å². The molecular weight excluding hydrogens is 1010 g/mol. The largest absolute Gasteiger partial charge is 0.466 e. The van der Waals surface area contributed by atoms with Gasteiger partial charge in [-0.3, -0.25) is 19.2 Å². The Balaban J connectivity index is 5.18. The van der Waals surface area contributed by atoms with Crippen LogP contribution in [-0.4, -0.2) is 99.4 Å². The van der Waals surface area contributed by atoms with Crippen molar-refractivity contribution in [3.63, 3.8) is 0 Å². The molecule has 0 aliphatic heterocycles. The number of hydrogen-bond donors (Lipinski definition) is 0. The maximum Gasteiger partial charge on any atom is 0.307 e. The molecule has 0 bridgehead atoms. The minimum absolute atomic E-state index is 0.191. The van der Waals surface area contributed by atoms with E-state index in [4.69, 9.17) is 18.9 Å². The van der Waals surface area contributed by atoms with E-state index in [1.165, 1.54) is 257 Å². The average Bonchev–Trinajstić information content (AvgIpc) is 3.46. The third kappa shape index (κ3) is 63.7. The summed E-state index contributed by atoms with van der Waals surface area (Å²) < 4.78 is 22.8. The second kappa shape index (κ2) is 66.9. The van der Waals surface area contributed by atoms with E-state index >= 15 is 0 Å². The summed E-state index contributed by atoms with van der Waals surface area (Å²) in [5.41, 5.74) is 0. The maximum absolute atomic E-state index is 13.0. The average molecular weight is 1150 g/mol. The van der Waals surface area contributed by atoms with Gasteiger partial charge in [0.1, 0.15) is 0 Å². The van der Waals surface area contributed by atoms with Gasteiger partial charge in [0.25, 0.3) is 0 Å². The number of nitrogens with zero attached hydrogens (tertiary/aromatic N) is 2. The summed E-state index contributed by atoms with van der Waals surface area (Å²) in [6, 6.07) is 0. The zero-order chi connectivity index (χ0) is 58.8. The van der Waals surface area contributed by atoms with Gasteiger partial charge < -0.3 is 28.7 Å². The first-order valence-corrected chi connectivity index (χ1v) is 35.9. The fourth-order valence-electron chi connectivity index (χ4n) is 11.0. The van der Waals surface area contributed by atoms with E-state index in [-0.39, 0.29) is 49.6 Å². The van der Waals surface area contributed by atoms with Crippen molar-refractivity contribution >= 4 is 23.9 Å². The van der Waals surface area contributed by atoms with Gasteiger partial charge in [-0.2, -0.15) is 0 Å². The number of esters is 4. The first-order valence-electron chi connectivity index (χ1n) is 35.9. The Kier molecular flexibility index (Phi) is 65.1. The summed E-state index contributed by atoms with van der Waals surface area (Å²) in [6.07, 6.45) is 62.6. The van der Waals surface area contributed by atoms with Gasteiger partial charge in [-0.15, -0.1) is 0 Å². The fraction of sp³-hybridized carbons (Fsp3) is 0.944. The molecule has 0 atom stereocenters. The Morgan fingerprint density at radius 3 is 0.506 bits per heavy atom. The van der Waals surface area contributed by atoms with Crippen LogP contribution in [0.1, 0.15) is 368 Å². The smallest absolute Gasteiger partial charge is 0.307 e. The van der Waals surface area contributed by atoms with Crippen LogP contribution in [0.15, 0.2) is 0 Å². The van der Waals surface area contributed by atoms with Crippen LogP contribution in [0.5, 0.6) is 0 Å². The molecule has 480 valence electrons.